The number of pyridine rings is 1. The first-order valence-electron chi connectivity index (χ1n) is 5.88. The van der Waals surface area contributed by atoms with Crippen molar-refractivity contribution < 1.29 is 4.39 Å². The van der Waals surface area contributed by atoms with E-state index in [4.69, 9.17) is 11.6 Å². The molecule has 2 aromatic heterocycles. The van der Waals surface area contributed by atoms with Crippen LogP contribution in [0.5, 0.6) is 0 Å². The van der Waals surface area contributed by atoms with Crippen LogP contribution < -0.4 is 5.32 Å². The highest BCUT2D eigenvalue weighted by Crippen LogP contribution is 2.35. The van der Waals surface area contributed by atoms with Gasteiger partial charge >= 0.3 is 0 Å². The van der Waals surface area contributed by atoms with E-state index in [-0.39, 0.29) is 11.9 Å². The lowest BCUT2D eigenvalue weighted by molar-refractivity contribution is 0.587. The van der Waals surface area contributed by atoms with E-state index in [9.17, 15) is 4.39 Å². The van der Waals surface area contributed by atoms with Crippen molar-refractivity contribution in [3.05, 3.63) is 45.0 Å². The maximum Gasteiger partial charge on any atom is 0.166 e. The number of fused-ring (bicyclic) bond motifs is 1. The molecule has 5 heteroatoms. The minimum Gasteiger partial charge on any atom is -0.361 e. The first kappa shape index (κ1) is 11.9. The molecule has 0 radical (unpaired) electrons. The Morgan fingerprint density at radius 1 is 1.50 bits per heavy atom. The monoisotopic (exact) mass is 282 g/mol. The maximum atomic E-state index is 13.7. The van der Waals surface area contributed by atoms with Crippen molar-refractivity contribution in [1.29, 1.82) is 0 Å². The minimum absolute atomic E-state index is 0.156. The van der Waals surface area contributed by atoms with E-state index in [1.807, 2.05) is 0 Å². The van der Waals surface area contributed by atoms with Gasteiger partial charge in [-0.05, 0) is 42.3 Å². The number of rotatable bonds is 2. The quantitative estimate of drug-likeness (QED) is 0.882. The molecule has 0 amide bonds. The van der Waals surface area contributed by atoms with E-state index in [1.54, 1.807) is 11.3 Å². The fourth-order valence-corrected chi connectivity index (χ4v) is 3.45. The standard InChI is InChI=1S/C13H12ClFN2S/c14-8-6-10(15)13(16-7-8)17-11-2-1-3-12-9(11)4-5-18-12/h4-7,11H,1-3H2,(H,16,17). The molecule has 0 bridgehead atoms. The van der Waals surface area contributed by atoms with Gasteiger partial charge in [-0.2, -0.15) is 0 Å². The summed E-state index contributed by atoms with van der Waals surface area (Å²) >= 11 is 7.47. The van der Waals surface area contributed by atoms with Gasteiger partial charge in [-0.25, -0.2) is 9.37 Å². The Hall–Kier alpha value is -1.13. The summed E-state index contributed by atoms with van der Waals surface area (Å²) in [4.78, 5) is 5.41. The first-order valence-corrected chi connectivity index (χ1v) is 7.13. The Kier molecular flexibility index (Phi) is 3.22. The number of halogens is 2. The van der Waals surface area contributed by atoms with E-state index in [0.717, 1.165) is 19.3 Å². The van der Waals surface area contributed by atoms with Gasteiger partial charge < -0.3 is 5.32 Å². The number of anilines is 1. The van der Waals surface area contributed by atoms with Crippen LogP contribution in [0.4, 0.5) is 10.2 Å². The zero-order valence-corrected chi connectivity index (χ0v) is 11.2. The molecule has 0 saturated carbocycles. The van der Waals surface area contributed by atoms with Crippen LogP contribution in [0.25, 0.3) is 0 Å². The van der Waals surface area contributed by atoms with E-state index in [1.165, 1.54) is 22.7 Å². The first-order chi connectivity index (χ1) is 8.74. The van der Waals surface area contributed by atoms with Crippen LogP contribution in [0.3, 0.4) is 0 Å². The summed E-state index contributed by atoms with van der Waals surface area (Å²) in [7, 11) is 0. The van der Waals surface area contributed by atoms with Crippen LogP contribution >= 0.6 is 22.9 Å². The Morgan fingerprint density at radius 3 is 3.22 bits per heavy atom. The predicted octanol–water partition coefficient (Wildman–Crippen LogP) is 4.43. The van der Waals surface area contributed by atoms with Crippen LogP contribution in [-0.2, 0) is 6.42 Å². The third-order valence-corrected chi connectivity index (χ3v) is 4.37. The van der Waals surface area contributed by atoms with Gasteiger partial charge in [-0.1, -0.05) is 11.6 Å². The van der Waals surface area contributed by atoms with Crippen LogP contribution in [0.15, 0.2) is 23.7 Å². The second kappa shape index (κ2) is 4.86. The van der Waals surface area contributed by atoms with E-state index in [2.05, 4.69) is 21.7 Å². The van der Waals surface area contributed by atoms with Crippen LogP contribution in [0.2, 0.25) is 5.02 Å². The number of aryl methyl sites for hydroxylation is 1. The number of thiophene rings is 1. The Labute approximate surface area is 114 Å². The molecule has 3 rings (SSSR count). The highest BCUT2D eigenvalue weighted by molar-refractivity contribution is 7.10. The molecular formula is C13H12ClFN2S. The van der Waals surface area contributed by atoms with E-state index in [0.29, 0.717) is 5.02 Å². The van der Waals surface area contributed by atoms with Gasteiger partial charge in [-0.15, -0.1) is 11.3 Å². The number of nitrogens with zero attached hydrogens (tertiary/aromatic N) is 1. The maximum absolute atomic E-state index is 13.7. The number of hydrogen-bond donors (Lipinski definition) is 1. The molecule has 0 spiro atoms. The van der Waals surface area contributed by atoms with Crippen molar-refractivity contribution in [2.75, 3.05) is 5.32 Å². The lowest BCUT2D eigenvalue weighted by atomic mass is 9.94. The van der Waals surface area contributed by atoms with Gasteiger partial charge in [0.25, 0.3) is 0 Å². The molecule has 18 heavy (non-hydrogen) atoms. The van der Waals surface area contributed by atoms with Gasteiger partial charge in [-0.3, -0.25) is 0 Å². The lowest BCUT2D eigenvalue weighted by Crippen LogP contribution is -2.17. The van der Waals surface area contributed by atoms with Gasteiger partial charge in [0, 0.05) is 11.1 Å². The molecule has 2 aromatic rings. The highest BCUT2D eigenvalue weighted by Gasteiger charge is 2.22. The fourth-order valence-electron chi connectivity index (χ4n) is 2.32. The Morgan fingerprint density at radius 2 is 2.39 bits per heavy atom. The molecule has 1 atom stereocenters. The van der Waals surface area contributed by atoms with Crippen molar-refractivity contribution in [1.82, 2.24) is 4.98 Å². The molecule has 0 saturated heterocycles. The molecule has 1 aliphatic rings. The average molecular weight is 283 g/mol. The van der Waals surface area contributed by atoms with E-state index < -0.39 is 5.82 Å². The third kappa shape index (κ3) is 2.22. The van der Waals surface area contributed by atoms with Gasteiger partial charge in [0.15, 0.2) is 11.6 Å². The Bertz CT molecular complexity index is 570. The SMILES string of the molecule is Fc1cc(Cl)cnc1NC1CCCc2sccc21. The van der Waals surface area contributed by atoms with Crippen molar-refractivity contribution in [3.8, 4) is 0 Å². The molecule has 0 fully saturated rings. The minimum atomic E-state index is -0.398. The summed E-state index contributed by atoms with van der Waals surface area (Å²) in [6.07, 6.45) is 4.72. The number of hydrogen-bond acceptors (Lipinski definition) is 3. The molecule has 0 aromatic carbocycles. The Balaban J connectivity index is 1.86. The van der Waals surface area contributed by atoms with Crippen LogP contribution in [0.1, 0.15) is 29.3 Å². The largest absolute Gasteiger partial charge is 0.361 e. The molecule has 1 unspecified atom stereocenters. The summed E-state index contributed by atoms with van der Waals surface area (Å²) in [6, 6.07) is 3.56. The zero-order chi connectivity index (χ0) is 12.5. The van der Waals surface area contributed by atoms with Gasteiger partial charge in [0.2, 0.25) is 0 Å². The van der Waals surface area contributed by atoms with Gasteiger partial charge in [0.1, 0.15) is 0 Å². The van der Waals surface area contributed by atoms with Gasteiger partial charge in [0.05, 0.1) is 11.1 Å². The summed E-state index contributed by atoms with van der Waals surface area (Å²) in [5.41, 5.74) is 1.28. The zero-order valence-electron chi connectivity index (χ0n) is 9.62. The smallest absolute Gasteiger partial charge is 0.166 e. The van der Waals surface area contributed by atoms with Crippen LogP contribution in [-0.4, -0.2) is 4.98 Å². The van der Waals surface area contributed by atoms with Crippen molar-refractivity contribution in [2.45, 2.75) is 25.3 Å². The summed E-state index contributed by atoms with van der Waals surface area (Å²) in [5, 5.41) is 5.59. The van der Waals surface area contributed by atoms with Crippen molar-refractivity contribution in [3.63, 3.8) is 0 Å². The normalized spacial score (nSPS) is 18.4. The molecule has 0 aliphatic heterocycles. The van der Waals surface area contributed by atoms with Crippen LogP contribution in [0, 0.1) is 5.82 Å². The molecule has 2 heterocycles. The number of nitrogens with one attached hydrogen (secondary N) is 1. The van der Waals surface area contributed by atoms with E-state index >= 15 is 0 Å². The topological polar surface area (TPSA) is 24.9 Å². The second-order valence-corrected chi connectivity index (χ2v) is 5.81. The lowest BCUT2D eigenvalue weighted by Gasteiger charge is -2.24. The summed E-state index contributed by atoms with van der Waals surface area (Å²) < 4.78 is 13.7. The highest BCUT2D eigenvalue weighted by atomic mass is 35.5. The second-order valence-electron chi connectivity index (χ2n) is 4.37. The summed E-state index contributed by atoms with van der Waals surface area (Å²) in [5.74, 6) is -0.117. The predicted molar refractivity (Wildman–Crippen MR) is 72.8 cm³/mol. The van der Waals surface area contributed by atoms with Crippen molar-refractivity contribution in [2.24, 2.45) is 0 Å². The average Bonchev–Trinajstić information content (AvgIpc) is 2.82. The molecular weight excluding hydrogens is 271 g/mol. The fraction of sp³-hybridized carbons (Fsp3) is 0.308. The molecule has 94 valence electrons. The molecule has 1 aliphatic carbocycles. The van der Waals surface area contributed by atoms with Crippen molar-refractivity contribution >= 4 is 28.8 Å². The summed E-state index contributed by atoms with van der Waals surface area (Å²) in [6.45, 7) is 0. The molecule has 1 N–H and O–H groups in total. The number of aromatic nitrogens is 1. The molecule has 2 nitrogen and oxygen atoms in total. The third-order valence-electron chi connectivity index (χ3n) is 3.17.